The number of aliphatic imine (C=N–C) groups is 3. The van der Waals surface area contributed by atoms with Gasteiger partial charge < -0.3 is 5.73 Å². The summed E-state index contributed by atoms with van der Waals surface area (Å²) >= 11 is 1.53. The Labute approximate surface area is 169 Å². The van der Waals surface area contributed by atoms with Crippen LogP contribution in [0.1, 0.15) is 22.9 Å². The third-order valence-corrected chi connectivity index (χ3v) is 5.29. The summed E-state index contributed by atoms with van der Waals surface area (Å²) in [6.45, 7) is 7.43. The highest BCUT2D eigenvalue weighted by atomic mass is 32.1. The smallest absolute Gasteiger partial charge is 0.138 e. The van der Waals surface area contributed by atoms with Crippen molar-refractivity contribution in [3.8, 4) is 0 Å². The molecular formula is C22H23N5S. The molecule has 3 aromatic rings. The lowest BCUT2D eigenvalue weighted by Crippen LogP contribution is -2.57. The number of nitrogens with one attached hydrogen (secondary N) is 1. The van der Waals surface area contributed by atoms with Crippen molar-refractivity contribution < 1.29 is 0 Å². The average Bonchev–Trinajstić information content (AvgIpc) is 3.22. The van der Waals surface area contributed by atoms with Crippen LogP contribution < -0.4 is 11.1 Å². The molecule has 2 atom stereocenters. The maximum atomic E-state index is 7.02. The van der Waals surface area contributed by atoms with Crippen LogP contribution in [0.5, 0.6) is 0 Å². The summed E-state index contributed by atoms with van der Waals surface area (Å²) in [6, 6.07) is 19.6. The van der Waals surface area contributed by atoms with Crippen molar-refractivity contribution >= 4 is 36.2 Å². The number of hydrogen-bond acceptors (Lipinski definition) is 6. The first-order valence-corrected chi connectivity index (χ1v) is 9.71. The van der Waals surface area contributed by atoms with Crippen molar-refractivity contribution in [1.82, 2.24) is 5.32 Å². The molecule has 0 aliphatic rings. The monoisotopic (exact) mass is 389 g/mol. The lowest BCUT2D eigenvalue weighted by molar-refractivity contribution is 0.399. The van der Waals surface area contributed by atoms with E-state index in [0.717, 1.165) is 22.4 Å². The molecule has 1 aromatic heterocycles. The van der Waals surface area contributed by atoms with Gasteiger partial charge in [0.1, 0.15) is 11.8 Å². The zero-order chi connectivity index (χ0) is 20.0. The first-order chi connectivity index (χ1) is 13.6. The van der Waals surface area contributed by atoms with Gasteiger partial charge in [-0.2, -0.15) is 0 Å². The number of hydrogen-bond donors (Lipinski definition) is 2. The van der Waals surface area contributed by atoms with Crippen LogP contribution in [0, 0.1) is 0 Å². The standard InChI is InChI=1S/C22H23N5S/c1-24-19-15-28-14-18(19)20(25-2)22(23,17-12-8-5-9-13-17)27-21(26-3)16-10-6-4-7-11-16/h4-15,21,27H,1,3,23H2,2H3. The van der Waals surface area contributed by atoms with Crippen LogP contribution >= 0.6 is 11.3 Å². The average molecular weight is 390 g/mol. The molecule has 0 saturated carbocycles. The van der Waals surface area contributed by atoms with Crippen LogP contribution in [0.2, 0.25) is 0 Å². The molecule has 0 spiro atoms. The zero-order valence-electron chi connectivity index (χ0n) is 15.7. The second kappa shape index (κ2) is 8.84. The minimum absolute atomic E-state index is 0.415. The maximum Gasteiger partial charge on any atom is 0.138 e. The molecule has 3 N–H and O–H groups in total. The molecule has 1 heterocycles. The Morgan fingerprint density at radius 3 is 2.25 bits per heavy atom. The molecule has 0 radical (unpaired) electrons. The summed E-state index contributed by atoms with van der Waals surface area (Å²) in [5.74, 6) is 0. The Morgan fingerprint density at radius 1 is 1.04 bits per heavy atom. The molecule has 2 aromatic carbocycles. The van der Waals surface area contributed by atoms with Gasteiger partial charge in [0.25, 0.3) is 0 Å². The number of nitrogens with two attached hydrogens (primary N) is 1. The number of rotatable bonds is 8. The number of benzene rings is 2. The van der Waals surface area contributed by atoms with Crippen molar-refractivity contribution in [1.29, 1.82) is 0 Å². The van der Waals surface area contributed by atoms with E-state index in [0.29, 0.717) is 5.71 Å². The lowest BCUT2D eigenvalue weighted by atomic mass is 9.90. The maximum absolute atomic E-state index is 7.02. The quantitative estimate of drug-likeness (QED) is 0.445. The van der Waals surface area contributed by atoms with Gasteiger partial charge in [-0.15, -0.1) is 11.3 Å². The van der Waals surface area contributed by atoms with Gasteiger partial charge >= 0.3 is 0 Å². The summed E-state index contributed by atoms with van der Waals surface area (Å²) in [5, 5.41) is 7.38. The lowest BCUT2D eigenvalue weighted by Gasteiger charge is -2.35. The van der Waals surface area contributed by atoms with Crippen molar-refractivity contribution in [3.63, 3.8) is 0 Å². The predicted octanol–water partition coefficient (Wildman–Crippen LogP) is 4.30. The fraction of sp³-hybridized carbons (Fsp3) is 0.136. The molecule has 0 amide bonds. The van der Waals surface area contributed by atoms with Gasteiger partial charge in [-0.05, 0) is 24.6 Å². The van der Waals surface area contributed by atoms with E-state index in [4.69, 9.17) is 5.73 Å². The molecule has 3 rings (SSSR count). The van der Waals surface area contributed by atoms with E-state index in [1.807, 2.05) is 71.4 Å². The van der Waals surface area contributed by atoms with Crippen LogP contribution in [-0.2, 0) is 5.66 Å². The third-order valence-electron chi connectivity index (χ3n) is 4.56. The molecular weight excluding hydrogens is 366 g/mol. The minimum Gasteiger partial charge on any atom is -0.304 e. The van der Waals surface area contributed by atoms with Crippen LogP contribution in [0.4, 0.5) is 5.69 Å². The predicted molar refractivity (Wildman–Crippen MR) is 120 cm³/mol. The van der Waals surface area contributed by atoms with Gasteiger partial charge in [0.2, 0.25) is 0 Å². The first-order valence-electron chi connectivity index (χ1n) is 8.77. The highest BCUT2D eigenvalue weighted by molar-refractivity contribution is 7.08. The minimum atomic E-state index is -1.11. The summed E-state index contributed by atoms with van der Waals surface area (Å²) < 4.78 is 0. The van der Waals surface area contributed by atoms with Crippen molar-refractivity contribution in [2.45, 2.75) is 11.8 Å². The third kappa shape index (κ3) is 3.84. The van der Waals surface area contributed by atoms with Crippen LogP contribution in [0.25, 0.3) is 0 Å². The molecule has 0 saturated heterocycles. The molecule has 28 heavy (non-hydrogen) atoms. The Morgan fingerprint density at radius 2 is 1.68 bits per heavy atom. The van der Waals surface area contributed by atoms with Crippen molar-refractivity contribution in [3.05, 3.63) is 88.1 Å². The van der Waals surface area contributed by atoms with E-state index < -0.39 is 11.8 Å². The van der Waals surface area contributed by atoms with Gasteiger partial charge in [0, 0.05) is 23.4 Å². The van der Waals surface area contributed by atoms with Crippen molar-refractivity contribution in [2.24, 2.45) is 20.7 Å². The Bertz CT molecular complexity index is 965. The Kier molecular flexibility index (Phi) is 6.26. The molecule has 0 aliphatic heterocycles. The van der Waals surface area contributed by atoms with Gasteiger partial charge in [-0.3, -0.25) is 20.3 Å². The van der Waals surface area contributed by atoms with Crippen LogP contribution in [0.3, 0.4) is 0 Å². The number of nitrogens with zero attached hydrogens (tertiary/aromatic N) is 3. The SMILES string of the molecule is C=Nc1cscc1C(=NC)C(N)(NC(N=C)c1ccccc1)c1ccccc1. The Hall–Kier alpha value is -2.93. The van der Waals surface area contributed by atoms with Crippen molar-refractivity contribution in [2.75, 3.05) is 7.05 Å². The molecule has 0 fully saturated rings. The molecule has 0 bridgehead atoms. The van der Waals surface area contributed by atoms with E-state index in [2.05, 4.69) is 33.7 Å². The molecule has 6 heteroatoms. The highest BCUT2D eigenvalue weighted by Crippen LogP contribution is 2.32. The van der Waals surface area contributed by atoms with Gasteiger partial charge in [0.05, 0.1) is 11.4 Å². The Balaban J connectivity index is 2.13. The summed E-state index contributed by atoms with van der Waals surface area (Å²) in [4.78, 5) is 13.0. The zero-order valence-corrected chi connectivity index (χ0v) is 16.6. The van der Waals surface area contributed by atoms with Crippen LogP contribution in [-0.4, -0.2) is 26.2 Å². The second-order valence-electron chi connectivity index (χ2n) is 6.22. The highest BCUT2D eigenvalue weighted by Gasteiger charge is 2.37. The van der Waals surface area contributed by atoms with E-state index in [9.17, 15) is 0 Å². The first kappa shape index (κ1) is 19.8. The topological polar surface area (TPSA) is 75.1 Å². The fourth-order valence-electron chi connectivity index (χ4n) is 3.17. The summed E-state index contributed by atoms with van der Waals surface area (Å²) in [6.07, 6.45) is -0.415. The van der Waals surface area contributed by atoms with Crippen LogP contribution in [0.15, 0.2) is 86.4 Å². The second-order valence-corrected chi connectivity index (χ2v) is 6.96. The molecule has 0 aliphatic carbocycles. The largest absolute Gasteiger partial charge is 0.304 e. The normalized spacial score (nSPS) is 14.9. The molecule has 2 unspecified atom stereocenters. The fourth-order valence-corrected chi connectivity index (χ4v) is 3.94. The van der Waals surface area contributed by atoms with Gasteiger partial charge in [-0.1, -0.05) is 60.7 Å². The number of thiophene rings is 1. The van der Waals surface area contributed by atoms with E-state index >= 15 is 0 Å². The van der Waals surface area contributed by atoms with E-state index in [1.165, 1.54) is 11.3 Å². The van der Waals surface area contributed by atoms with Gasteiger partial charge in [0.15, 0.2) is 0 Å². The molecule has 142 valence electrons. The summed E-state index contributed by atoms with van der Waals surface area (Å²) in [5.41, 5.74) is 9.98. The van der Waals surface area contributed by atoms with Gasteiger partial charge in [-0.25, -0.2) is 0 Å². The van der Waals surface area contributed by atoms with E-state index in [-0.39, 0.29) is 0 Å². The molecule has 5 nitrogen and oxygen atoms in total. The summed E-state index contributed by atoms with van der Waals surface area (Å²) in [7, 11) is 1.73. The van der Waals surface area contributed by atoms with E-state index in [1.54, 1.807) is 7.05 Å².